The molecule has 2 aromatic carbocycles. The largest absolute Gasteiger partial charge is 0.573 e. The number of halogens is 3. The number of carboxylic acid groups (broad SMARTS) is 1. The number of rotatable bonds is 7. The lowest BCUT2D eigenvalue weighted by atomic mass is 10.0. The summed E-state index contributed by atoms with van der Waals surface area (Å²) in [6.45, 7) is 5.72. The molecular weight excluding hydrogens is 493 g/mol. The van der Waals surface area contributed by atoms with Crippen molar-refractivity contribution in [2.75, 3.05) is 26.2 Å². The van der Waals surface area contributed by atoms with E-state index in [0.717, 1.165) is 11.6 Å². The Morgan fingerprint density at radius 1 is 1.03 bits per heavy atom. The quantitative estimate of drug-likeness (QED) is 0.469. The summed E-state index contributed by atoms with van der Waals surface area (Å²) in [5.41, 5.74) is 0.0792. The zero-order chi connectivity index (χ0) is 27.3. The number of carbonyl (C=O) groups excluding carboxylic acids is 1. The van der Waals surface area contributed by atoms with Crippen molar-refractivity contribution in [1.29, 1.82) is 0 Å². The van der Waals surface area contributed by atoms with Crippen molar-refractivity contribution in [3.63, 3.8) is 0 Å². The number of amides is 2. The second-order valence-electron chi connectivity index (χ2n) is 9.94. The van der Waals surface area contributed by atoms with E-state index in [9.17, 15) is 27.9 Å². The summed E-state index contributed by atoms with van der Waals surface area (Å²) in [6.07, 6.45) is -6.32. The van der Waals surface area contributed by atoms with Crippen LogP contribution in [0.25, 0.3) is 0 Å². The van der Waals surface area contributed by atoms with Crippen molar-refractivity contribution in [1.82, 2.24) is 4.90 Å². The zero-order valence-electron chi connectivity index (χ0n) is 21.0. The van der Waals surface area contributed by atoms with Crippen molar-refractivity contribution < 1.29 is 46.6 Å². The van der Waals surface area contributed by atoms with Crippen LogP contribution in [0.5, 0.6) is 11.5 Å². The fraction of sp³-hybridized carbons (Fsp3) is 0.462. The van der Waals surface area contributed by atoms with E-state index in [0.29, 0.717) is 0 Å². The van der Waals surface area contributed by atoms with Crippen molar-refractivity contribution >= 4 is 12.2 Å². The third kappa shape index (κ3) is 8.01. The van der Waals surface area contributed by atoms with Gasteiger partial charge in [0, 0.05) is 12.0 Å². The van der Waals surface area contributed by atoms with Gasteiger partial charge in [-0.1, -0.05) is 42.5 Å². The van der Waals surface area contributed by atoms with Gasteiger partial charge in [-0.15, -0.1) is 13.2 Å². The average Bonchev–Trinajstić information content (AvgIpc) is 2.79. The SMILES string of the molecule is CC(C)(C)OC(=O)N1CC[N+](Cc2ccccc2)(C(=O)O)C[C@H]1CCOc1ccccc1OC(F)(F)F. The molecular formula is C26H32F3N2O6+. The molecule has 1 aliphatic rings. The number of ether oxygens (including phenoxy) is 3. The minimum Gasteiger partial charge on any atom is -0.490 e. The van der Waals surface area contributed by atoms with Gasteiger partial charge in [0.2, 0.25) is 0 Å². The van der Waals surface area contributed by atoms with Gasteiger partial charge in [0.1, 0.15) is 25.2 Å². The van der Waals surface area contributed by atoms with E-state index in [1.807, 2.05) is 30.3 Å². The average molecular weight is 526 g/mol. The summed E-state index contributed by atoms with van der Waals surface area (Å²) in [7, 11) is 0. The zero-order valence-corrected chi connectivity index (χ0v) is 21.0. The molecule has 1 N–H and O–H groups in total. The molecule has 3 rings (SSSR count). The monoisotopic (exact) mass is 525 g/mol. The molecule has 0 bridgehead atoms. The van der Waals surface area contributed by atoms with Crippen molar-refractivity contribution in [2.45, 2.75) is 51.7 Å². The molecule has 0 aromatic heterocycles. The number of nitrogens with zero attached hydrogens (tertiary/aromatic N) is 2. The third-order valence-corrected chi connectivity index (χ3v) is 5.92. The van der Waals surface area contributed by atoms with E-state index >= 15 is 0 Å². The Labute approximate surface area is 213 Å². The van der Waals surface area contributed by atoms with Gasteiger partial charge in [0.25, 0.3) is 0 Å². The molecule has 1 unspecified atom stereocenters. The van der Waals surface area contributed by atoms with Crippen LogP contribution in [-0.2, 0) is 11.3 Å². The van der Waals surface area contributed by atoms with E-state index < -0.39 is 35.9 Å². The van der Waals surface area contributed by atoms with Crippen LogP contribution in [0.15, 0.2) is 54.6 Å². The van der Waals surface area contributed by atoms with E-state index in [2.05, 4.69) is 4.74 Å². The fourth-order valence-corrected chi connectivity index (χ4v) is 4.28. The van der Waals surface area contributed by atoms with Crippen molar-refractivity contribution in [3.05, 3.63) is 60.2 Å². The Morgan fingerprint density at radius 2 is 1.65 bits per heavy atom. The van der Waals surface area contributed by atoms with Gasteiger partial charge in [0.15, 0.2) is 11.5 Å². The molecule has 0 saturated carbocycles. The fourth-order valence-electron chi connectivity index (χ4n) is 4.28. The van der Waals surface area contributed by atoms with E-state index in [1.54, 1.807) is 20.8 Å². The highest BCUT2D eigenvalue weighted by atomic mass is 19.4. The standard InChI is InChI=1S/C26H31F3N2O6/c1-25(2,3)37-23(32)30-14-15-31(24(33)34,17-19-9-5-4-6-10-19)18-20(30)13-16-35-21-11-7-8-12-22(21)36-26(27,28)29/h4-12,20H,13-18H2,1-3H3/p+1/t20-,31?/m1/s1. The van der Waals surface area contributed by atoms with Crippen LogP contribution in [0.4, 0.5) is 22.8 Å². The summed E-state index contributed by atoms with van der Waals surface area (Å²) < 4.78 is 53.1. The van der Waals surface area contributed by atoms with Crippen molar-refractivity contribution in [2.24, 2.45) is 0 Å². The lowest BCUT2D eigenvalue weighted by Crippen LogP contribution is -2.66. The molecule has 0 aliphatic carbocycles. The number of benzene rings is 2. The summed E-state index contributed by atoms with van der Waals surface area (Å²) >= 11 is 0. The summed E-state index contributed by atoms with van der Waals surface area (Å²) in [5, 5.41) is 10.2. The van der Waals surface area contributed by atoms with Gasteiger partial charge in [-0.25, -0.2) is 9.28 Å². The Balaban J connectivity index is 1.80. The van der Waals surface area contributed by atoms with E-state index in [4.69, 9.17) is 9.47 Å². The number of hydrogen-bond donors (Lipinski definition) is 1. The van der Waals surface area contributed by atoms with Crippen LogP contribution in [-0.4, -0.2) is 70.9 Å². The van der Waals surface area contributed by atoms with Gasteiger partial charge >= 0.3 is 18.5 Å². The molecule has 1 aliphatic heterocycles. The second kappa shape index (κ2) is 11.3. The number of alkyl halides is 3. The van der Waals surface area contributed by atoms with Gasteiger partial charge in [-0.05, 0) is 32.9 Å². The van der Waals surface area contributed by atoms with Gasteiger partial charge in [0.05, 0.1) is 19.2 Å². The summed E-state index contributed by atoms with van der Waals surface area (Å²) in [5.74, 6) is -0.592. The molecule has 2 amide bonds. The maximum absolute atomic E-state index is 13.0. The molecule has 0 radical (unpaired) electrons. The lowest BCUT2D eigenvalue weighted by Gasteiger charge is -2.45. The number of hydrogen-bond acceptors (Lipinski definition) is 5. The predicted octanol–water partition coefficient (Wildman–Crippen LogP) is 5.67. The Kier molecular flexibility index (Phi) is 8.57. The molecule has 8 nitrogen and oxygen atoms in total. The predicted molar refractivity (Wildman–Crippen MR) is 128 cm³/mol. The first-order valence-corrected chi connectivity index (χ1v) is 11.9. The molecule has 0 spiro atoms. The highest BCUT2D eigenvalue weighted by Crippen LogP contribution is 2.32. The normalized spacial score (nSPS) is 20.3. The molecule has 11 heteroatoms. The molecule has 2 aromatic rings. The molecule has 202 valence electrons. The first kappa shape index (κ1) is 28.1. The maximum atomic E-state index is 13.0. The van der Waals surface area contributed by atoms with Crippen molar-refractivity contribution in [3.8, 4) is 11.5 Å². The molecule has 2 atom stereocenters. The minimum atomic E-state index is -4.88. The molecule has 1 saturated heterocycles. The first-order valence-electron chi connectivity index (χ1n) is 11.9. The van der Waals surface area contributed by atoms with Crippen LogP contribution in [0.3, 0.4) is 0 Å². The number of quaternary nitrogens is 1. The summed E-state index contributed by atoms with van der Waals surface area (Å²) in [6, 6.07) is 14.0. The number of para-hydroxylation sites is 2. The Hall–Kier alpha value is -3.47. The molecule has 1 fully saturated rings. The topological polar surface area (TPSA) is 85.3 Å². The van der Waals surface area contributed by atoms with Gasteiger partial charge < -0.3 is 19.3 Å². The smallest absolute Gasteiger partial charge is 0.490 e. The number of piperazine rings is 1. The highest BCUT2D eigenvalue weighted by Gasteiger charge is 2.47. The minimum absolute atomic E-state index is 0.0762. The lowest BCUT2D eigenvalue weighted by molar-refractivity contribution is -0.878. The Morgan fingerprint density at radius 3 is 2.24 bits per heavy atom. The molecule has 37 heavy (non-hydrogen) atoms. The summed E-state index contributed by atoms with van der Waals surface area (Å²) in [4.78, 5) is 26.9. The Bertz CT molecular complexity index is 1070. The maximum Gasteiger partial charge on any atom is 0.573 e. The highest BCUT2D eigenvalue weighted by molar-refractivity contribution is 5.69. The van der Waals surface area contributed by atoms with E-state index in [1.165, 1.54) is 23.1 Å². The van der Waals surface area contributed by atoms with Crippen LogP contribution in [0, 0.1) is 0 Å². The van der Waals surface area contributed by atoms with Crippen LogP contribution in [0.1, 0.15) is 32.8 Å². The first-order chi connectivity index (χ1) is 17.3. The van der Waals surface area contributed by atoms with E-state index in [-0.39, 0.29) is 49.4 Å². The second-order valence-corrected chi connectivity index (χ2v) is 9.94. The number of carbonyl (C=O) groups is 2. The van der Waals surface area contributed by atoms with Crippen LogP contribution < -0.4 is 9.47 Å². The van der Waals surface area contributed by atoms with Gasteiger partial charge in [-0.3, -0.25) is 4.90 Å². The third-order valence-electron chi connectivity index (χ3n) is 5.92. The van der Waals surface area contributed by atoms with Crippen LogP contribution >= 0.6 is 0 Å². The van der Waals surface area contributed by atoms with Gasteiger partial charge in [-0.2, -0.15) is 4.79 Å². The van der Waals surface area contributed by atoms with Crippen LogP contribution in [0.2, 0.25) is 0 Å². The molecule has 1 heterocycles.